The minimum atomic E-state index is 0.0295. The summed E-state index contributed by atoms with van der Waals surface area (Å²) in [5, 5.41) is 2.96. The number of carbonyl (C=O) groups is 1. The molecule has 1 aliphatic carbocycles. The van der Waals surface area contributed by atoms with Gasteiger partial charge >= 0.3 is 0 Å². The molecular weight excluding hydrogens is 326 g/mol. The predicted molar refractivity (Wildman–Crippen MR) is 84.5 cm³/mol. The van der Waals surface area contributed by atoms with Gasteiger partial charge in [-0.25, -0.2) is 0 Å². The molecular formula is C13H16BrN3OS. The van der Waals surface area contributed by atoms with Crippen molar-refractivity contribution in [3.8, 4) is 0 Å². The van der Waals surface area contributed by atoms with Gasteiger partial charge < -0.3 is 16.0 Å². The molecule has 1 fully saturated rings. The number of nitrogens with one attached hydrogen (secondary N) is 1. The smallest absolute Gasteiger partial charge is 0.239 e. The minimum absolute atomic E-state index is 0.0295. The zero-order valence-electron chi connectivity index (χ0n) is 10.6. The molecule has 0 unspecified atom stereocenters. The second-order valence-corrected chi connectivity index (χ2v) is 6.08. The third-order valence-corrected chi connectivity index (χ3v) is 3.67. The van der Waals surface area contributed by atoms with E-state index in [2.05, 4.69) is 21.2 Å². The number of benzene rings is 1. The van der Waals surface area contributed by atoms with Crippen LogP contribution in [0.4, 0.5) is 5.69 Å². The van der Waals surface area contributed by atoms with Gasteiger partial charge in [0.2, 0.25) is 5.91 Å². The van der Waals surface area contributed by atoms with E-state index < -0.39 is 0 Å². The van der Waals surface area contributed by atoms with E-state index in [9.17, 15) is 4.79 Å². The van der Waals surface area contributed by atoms with E-state index in [1.807, 2.05) is 30.1 Å². The first kappa shape index (κ1) is 14.3. The van der Waals surface area contributed by atoms with Gasteiger partial charge in [-0.1, -0.05) is 28.1 Å². The Morgan fingerprint density at radius 3 is 2.84 bits per heavy atom. The van der Waals surface area contributed by atoms with Crippen LogP contribution in [0.5, 0.6) is 0 Å². The quantitative estimate of drug-likeness (QED) is 0.802. The maximum Gasteiger partial charge on any atom is 0.239 e. The number of hydrogen-bond donors (Lipinski definition) is 2. The summed E-state index contributed by atoms with van der Waals surface area (Å²) in [6.45, 7) is 0.299. The van der Waals surface area contributed by atoms with Crippen LogP contribution in [0.25, 0.3) is 0 Å². The Bertz CT molecular complexity index is 517. The largest absolute Gasteiger partial charge is 0.389 e. The maximum atomic E-state index is 11.8. The molecule has 0 aliphatic heterocycles. The molecule has 1 aromatic carbocycles. The Labute approximate surface area is 126 Å². The average Bonchev–Trinajstić information content (AvgIpc) is 3.12. The fourth-order valence-corrected chi connectivity index (χ4v) is 2.36. The summed E-state index contributed by atoms with van der Waals surface area (Å²) < 4.78 is 0.912. The molecule has 0 radical (unpaired) electrons. The molecule has 3 N–H and O–H groups in total. The van der Waals surface area contributed by atoms with Crippen LogP contribution in [0.15, 0.2) is 22.7 Å². The summed E-state index contributed by atoms with van der Waals surface area (Å²) in [5.41, 5.74) is 7.36. The van der Waals surface area contributed by atoms with Crippen molar-refractivity contribution in [3.63, 3.8) is 0 Å². The van der Waals surface area contributed by atoms with Gasteiger partial charge in [0.15, 0.2) is 0 Å². The third kappa shape index (κ3) is 3.91. The lowest BCUT2D eigenvalue weighted by Crippen LogP contribution is -2.37. The third-order valence-electron chi connectivity index (χ3n) is 2.96. The second-order valence-electron chi connectivity index (χ2n) is 4.72. The molecule has 6 heteroatoms. The minimum Gasteiger partial charge on any atom is -0.389 e. The number of carbonyl (C=O) groups excluding carboxylic acids is 1. The van der Waals surface area contributed by atoms with Crippen LogP contribution in [0, 0.1) is 0 Å². The standard InChI is InChI=1S/C13H16BrN3OS/c1-17(7-12(18)16-9-3-4-9)11-5-2-8(14)6-10(11)13(15)19/h2,5-6,9H,3-4,7H2,1H3,(H2,15,19)(H,16,18). The topological polar surface area (TPSA) is 58.4 Å². The number of halogens is 1. The Morgan fingerprint density at radius 2 is 2.26 bits per heavy atom. The number of rotatable bonds is 5. The zero-order chi connectivity index (χ0) is 14.0. The van der Waals surface area contributed by atoms with Gasteiger partial charge in [0, 0.05) is 28.8 Å². The molecule has 4 nitrogen and oxygen atoms in total. The summed E-state index contributed by atoms with van der Waals surface area (Å²) >= 11 is 8.44. The summed E-state index contributed by atoms with van der Waals surface area (Å²) in [6.07, 6.45) is 2.18. The second kappa shape index (κ2) is 5.88. The van der Waals surface area contributed by atoms with Crippen molar-refractivity contribution < 1.29 is 4.79 Å². The molecule has 0 aromatic heterocycles. The van der Waals surface area contributed by atoms with Crippen LogP contribution in [-0.2, 0) is 4.79 Å². The highest BCUT2D eigenvalue weighted by molar-refractivity contribution is 9.10. The lowest BCUT2D eigenvalue weighted by molar-refractivity contribution is -0.119. The van der Waals surface area contributed by atoms with E-state index in [1.165, 1.54) is 0 Å². The molecule has 0 atom stereocenters. The fourth-order valence-electron chi connectivity index (χ4n) is 1.84. The molecule has 2 rings (SSSR count). The van der Waals surface area contributed by atoms with Crippen molar-refractivity contribution in [2.75, 3.05) is 18.5 Å². The Balaban J connectivity index is 2.10. The lowest BCUT2D eigenvalue weighted by Gasteiger charge is -2.21. The van der Waals surface area contributed by atoms with Crippen LogP contribution >= 0.6 is 28.1 Å². The van der Waals surface area contributed by atoms with Crippen molar-refractivity contribution in [1.82, 2.24) is 5.32 Å². The molecule has 0 bridgehead atoms. The van der Waals surface area contributed by atoms with Crippen LogP contribution in [-0.4, -0.2) is 30.5 Å². The molecule has 0 heterocycles. The van der Waals surface area contributed by atoms with Gasteiger partial charge in [-0.3, -0.25) is 4.79 Å². The van der Waals surface area contributed by atoms with Gasteiger partial charge in [0.05, 0.1) is 6.54 Å². The molecule has 0 spiro atoms. The Morgan fingerprint density at radius 1 is 1.58 bits per heavy atom. The Hall–Kier alpha value is -1.14. The number of likely N-dealkylation sites (N-methyl/N-ethyl adjacent to an activating group) is 1. The van der Waals surface area contributed by atoms with Crippen LogP contribution < -0.4 is 16.0 Å². The van der Waals surface area contributed by atoms with Crippen LogP contribution in [0.1, 0.15) is 18.4 Å². The molecule has 19 heavy (non-hydrogen) atoms. The molecule has 1 aromatic rings. The Kier molecular flexibility index (Phi) is 4.42. The maximum absolute atomic E-state index is 11.8. The van der Waals surface area contributed by atoms with Gasteiger partial charge in [-0.15, -0.1) is 0 Å². The van der Waals surface area contributed by atoms with Crippen LogP contribution in [0.2, 0.25) is 0 Å². The highest BCUT2D eigenvalue weighted by Crippen LogP contribution is 2.24. The van der Waals surface area contributed by atoms with Crippen molar-refractivity contribution in [2.45, 2.75) is 18.9 Å². The van der Waals surface area contributed by atoms with Gasteiger partial charge in [0.1, 0.15) is 4.99 Å². The molecule has 1 saturated carbocycles. The zero-order valence-corrected chi connectivity index (χ0v) is 13.1. The van der Waals surface area contributed by atoms with Crippen molar-refractivity contribution >= 4 is 44.7 Å². The summed E-state index contributed by atoms with van der Waals surface area (Å²) in [6, 6.07) is 6.06. The van der Waals surface area contributed by atoms with Crippen molar-refractivity contribution in [3.05, 3.63) is 28.2 Å². The molecule has 1 amide bonds. The van der Waals surface area contributed by atoms with Crippen LogP contribution in [0.3, 0.4) is 0 Å². The van der Waals surface area contributed by atoms with Crippen molar-refractivity contribution in [2.24, 2.45) is 5.73 Å². The van der Waals surface area contributed by atoms with Crippen molar-refractivity contribution in [1.29, 1.82) is 0 Å². The summed E-state index contributed by atoms with van der Waals surface area (Å²) in [7, 11) is 1.86. The number of anilines is 1. The van der Waals surface area contributed by atoms with Gasteiger partial charge in [0.25, 0.3) is 0 Å². The van der Waals surface area contributed by atoms with E-state index in [-0.39, 0.29) is 5.91 Å². The number of thiocarbonyl (C=S) groups is 1. The first-order valence-corrected chi connectivity index (χ1v) is 7.27. The van der Waals surface area contributed by atoms with E-state index in [1.54, 1.807) is 0 Å². The molecule has 0 saturated heterocycles. The number of amides is 1. The molecule has 102 valence electrons. The number of nitrogens with two attached hydrogens (primary N) is 1. The van der Waals surface area contributed by atoms with E-state index in [4.69, 9.17) is 18.0 Å². The van der Waals surface area contributed by atoms with E-state index in [0.29, 0.717) is 17.6 Å². The summed E-state index contributed by atoms with van der Waals surface area (Å²) in [5.74, 6) is 0.0295. The highest BCUT2D eigenvalue weighted by atomic mass is 79.9. The first-order valence-electron chi connectivity index (χ1n) is 6.07. The predicted octanol–water partition coefficient (Wildman–Crippen LogP) is 1.80. The summed E-state index contributed by atoms with van der Waals surface area (Å²) in [4.78, 5) is 14.0. The lowest BCUT2D eigenvalue weighted by atomic mass is 10.1. The molecule has 1 aliphatic rings. The SMILES string of the molecule is CN(CC(=O)NC1CC1)c1ccc(Br)cc1C(N)=S. The van der Waals surface area contributed by atoms with E-state index >= 15 is 0 Å². The first-order chi connectivity index (χ1) is 8.97. The normalized spacial score (nSPS) is 14.0. The number of nitrogens with zero attached hydrogens (tertiary/aromatic N) is 1. The van der Waals surface area contributed by atoms with Gasteiger partial charge in [-0.05, 0) is 31.0 Å². The fraction of sp³-hybridized carbons (Fsp3) is 0.385. The van der Waals surface area contributed by atoms with E-state index in [0.717, 1.165) is 28.6 Å². The highest BCUT2D eigenvalue weighted by Gasteiger charge is 2.24. The average molecular weight is 342 g/mol. The van der Waals surface area contributed by atoms with Gasteiger partial charge in [-0.2, -0.15) is 0 Å². The number of hydrogen-bond acceptors (Lipinski definition) is 3. The monoisotopic (exact) mass is 341 g/mol.